The van der Waals surface area contributed by atoms with Crippen LogP contribution in [-0.2, 0) is 4.84 Å². The Bertz CT molecular complexity index is 895. The lowest BCUT2D eigenvalue weighted by Crippen LogP contribution is -2.45. The summed E-state index contributed by atoms with van der Waals surface area (Å²) in [5.74, 6) is -1.93. The molecule has 1 aliphatic rings. The fraction of sp³-hybridized carbons (Fsp3) is 0.300. The van der Waals surface area contributed by atoms with Crippen molar-refractivity contribution in [3.63, 3.8) is 0 Å². The second-order valence-corrected chi connectivity index (χ2v) is 6.59. The Balaban J connectivity index is 1.85. The number of halogens is 2. The van der Waals surface area contributed by atoms with Crippen molar-refractivity contribution in [2.24, 2.45) is 5.16 Å². The number of carbonyl (C=O) groups excluding carboxylic acids is 1. The first-order chi connectivity index (χ1) is 13.9. The molecule has 154 valence electrons. The van der Waals surface area contributed by atoms with Crippen molar-refractivity contribution < 1.29 is 23.1 Å². The van der Waals surface area contributed by atoms with Crippen molar-refractivity contribution in [1.82, 2.24) is 10.6 Å². The van der Waals surface area contributed by atoms with Crippen LogP contribution >= 0.6 is 0 Å². The summed E-state index contributed by atoms with van der Waals surface area (Å²) in [5.41, 5.74) is 1.47. The lowest BCUT2D eigenvalue weighted by atomic mass is 9.92. The van der Waals surface area contributed by atoms with Crippen LogP contribution in [0.15, 0.2) is 41.6 Å². The summed E-state index contributed by atoms with van der Waals surface area (Å²) < 4.78 is 34.1. The summed E-state index contributed by atoms with van der Waals surface area (Å²) in [5, 5.41) is 12.2. The molecule has 2 atom stereocenters. The fourth-order valence-electron chi connectivity index (χ4n) is 3.24. The summed E-state index contributed by atoms with van der Waals surface area (Å²) in [6.07, 6.45) is 0. The highest BCUT2D eigenvalue weighted by atomic mass is 19.1. The van der Waals surface area contributed by atoms with Gasteiger partial charge in [-0.3, -0.25) is 0 Å². The Hall–Kier alpha value is -3.36. The molecular weight excluding hydrogens is 382 g/mol. The quantitative estimate of drug-likeness (QED) is 0.669. The number of anilines is 1. The predicted octanol–water partition coefficient (Wildman–Crippen LogP) is 3.12. The van der Waals surface area contributed by atoms with E-state index in [1.165, 1.54) is 14.2 Å². The Labute approximate surface area is 167 Å². The molecule has 0 aliphatic carbocycles. The maximum absolute atomic E-state index is 14.6. The Morgan fingerprint density at radius 3 is 2.41 bits per heavy atom. The SMILES string of the molecule is CO/N=C1\NC[C@@H](c2c(F)cc(OC)cc2F)[C@@H]1NC(=O)Nc1ccc(C)cc1. The second-order valence-electron chi connectivity index (χ2n) is 6.59. The number of carbonyl (C=O) groups is 1. The summed E-state index contributed by atoms with van der Waals surface area (Å²) >= 11 is 0. The minimum Gasteiger partial charge on any atom is -0.497 e. The topological polar surface area (TPSA) is 84.0 Å². The molecule has 3 N–H and O–H groups in total. The number of aryl methyl sites for hydroxylation is 1. The Morgan fingerprint density at radius 2 is 1.83 bits per heavy atom. The molecule has 0 bridgehead atoms. The third kappa shape index (κ3) is 4.56. The van der Waals surface area contributed by atoms with Crippen LogP contribution in [0.2, 0.25) is 0 Å². The highest BCUT2D eigenvalue weighted by molar-refractivity contribution is 5.97. The van der Waals surface area contributed by atoms with E-state index in [4.69, 9.17) is 9.57 Å². The number of rotatable bonds is 5. The lowest BCUT2D eigenvalue weighted by molar-refractivity contribution is 0.210. The van der Waals surface area contributed by atoms with Crippen molar-refractivity contribution in [3.05, 3.63) is 59.2 Å². The van der Waals surface area contributed by atoms with Gasteiger partial charge in [-0.1, -0.05) is 22.9 Å². The summed E-state index contributed by atoms with van der Waals surface area (Å²) in [6.45, 7) is 2.10. The Kier molecular flexibility index (Phi) is 6.16. The average Bonchev–Trinajstić information content (AvgIpc) is 3.05. The molecule has 2 aromatic rings. The van der Waals surface area contributed by atoms with Gasteiger partial charge < -0.3 is 25.5 Å². The smallest absolute Gasteiger partial charge is 0.319 e. The number of nitrogens with one attached hydrogen (secondary N) is 3. The highest BCUT2D eigenvalue weighted by Crippen LogP contribution is 2.31. The molecule has 2 aromatic carbocycles. The molecule has 7 nitrogen and oxygen atoms in total. The van der Waals surface area contributed by atoms with Crippen LogP contribution in [0.3, 0.4) is 0 Å². The molecule has 1 heterocycles. The number of methoxy groups -OCH3 is 1. The van der Waals surface area contributed by atoms with Gasteiger partial charge in [0, 0.05) is 35.8 Å². The van der Waals surface area contributed by atoms with Crippen molar-refractivity contribution >= 4 is 17.6 Å². The van der Waals surface area contributed by atoms with Gasteiger partial charge in [0.2, 0.25) is 0 Å². The number of urea groups is 1. The van der Waals surface area contributed by atoms with Gasteiger partial charge in [0.05, 0.1) is 7.11 Å². The fourth-order valence-corrected chi connectivity index (χ4v) is 3.24. The number of oxime groups is 1. The molecule has 3 rings (SSSR count). The van der Waals surface area contributed by atoms with Crippen LogP contribution in [0.4, 0.5) is 19.3 Å². The van der Waals surface area contributed by atoms with Gasteiger partial charge in [-0.2, -0.15) is 0 Å². The number of amidine groups is 1. The summed E-state index contributed by atoms with van der Waals surface area (Å²) in [4.78, 5) is 17.3. The number of amides is 2. The van der Waals surface area contributed by atoms with Crippen molar-refractivity contribution in [1.29, 1.82) is 0 Å². The molecule has 9 heteroatoms. The van der Waals surface area contributed by atoms with Crippen LogP contribution in [0.1, 0.15) is 17.0 Å². The van der Waals surface area contributed by atoms with E-state index in [9.17, 15) is 13.6 Å². The minimum absolute atomic E-state index is 0.0714. The zero-order valence-electron chi connectivity index (χ0n) is 16.3. The zero-order valence-corrected chi connectivity index (χ0v) is 16.3. The Morgan fingerprint density at radius 1 is 1.17 bits per heavy atom. The molecule has 0 saturated carbocycles. The van der Waals surface area contributed by atoms with Gasteiger partial charge in [-0.15, -0.1) is 0 Å². The molecular formula is C20H22F2N4O3. The first kappa shape index (κ1) is 20.4. The standard InChI is InChI=1S/C20H22F2N4O3/c1-11-4-6-12(7-5-11)24-20(27)25-18-14(10-23-19(18)26-29-3)17-15(21)8-13(28-2)9-16(17)22/h4-9,14,18H,10H2,1-3H3,(H,23,26)(H2,24,25,27)/t14-,18-/m0/s1. The van der Waals surface area contributed by atoms with Crippen LogP contribution in [0, 0.1) is 18.6 Å². The molecule has 0 unspecified atom stereocenters. The van der Waals surface area contributed by atoms with E-state index in [0.717, 1.165) is 17.7 Å². The molecule has 1 saturated heterocycles. The summed E-state index contributed by atoms with van der Waals surface area (Å²) in [7, 11) is 2.67. The van der Waals surface area contributed by atoms with Crippen LogP contribution < -0.4 is 20.7 Å². The minimum atomic E-state index is -0.821. The maximum atomic E-state index is 14.6. The van der Waals surface area contributed by atoms with Crippen molar-refractivity contribution in [3.8, 4) is 5.75 Å². The first-order valence-electron chi connectivity index (χ1n) is 8.95. The molecule has 1 aliphatic heterocycles. The molecule has 0 radical (unpaired) electrons. The van der Waals surface area contributed by atoms with E-state index in [2.05, 4.69) is 21.1 Å². The average molecular weight is 404 g/mol. The van der Waals surface area contributed by atoms with Crippen LogP contribution in [0.5, 0.6) is 5.75 Å². The molecule has 29 heavy (non-hydrogen) atoms. The number of hydrogen-bond acceptors (Lipinski definition) is 4. The normalized spacial score (nSPS) is 19.6. The number of benzene rings is 2. The van der Waals surface area contributed by atoms with Gasteiger partial charge in [0.15, 0.2) is 5.84 Å². The van der Waals surface area contributed by atoms with Gasteiger partial charge in [0.1, 0.15) is 30.5 Å². The predicted molar refractivity (Wildman–Crippen MR) is 105 cm³/mol. The first-order valence-corrected chi connectivity index (χ1v) is 8.95. The van der Waals surface area contributed by atoms with E-state index in [1.807, 2.05) is 19.1 Å². The van der Waals surface area contributed by atoms with Gasteiger partial charge >= 0.3 is 6.03 Å². The largest absolute Gasteiger partial charge is 0.497 e. The van der Waals surface area contributed by atoms with Crippen LogP contribution in [-0.4, -0.2) is 38.7 Å². The highest BCUT2D eigenvalue weighted by Gasteiger charge is 2.39. The van der Waals surface area contributed by atoms with Gasteiger partial charge in [-0.05, 0) is 19.1 Å². The third-order valence-corrected chi connectivity index (χ3v) is 4.64. The van der Waals surface area contributed by atoms with E-state index < -0.39 is 29.6 Å². The lowest BCUT2D eigenvalue weighted by Gasteiger charge is -2.21. The van der Waals surface area contributed by atoms with Crippen molar-refractivity contribution in [2.75, 3.05) is 26.1 Å². The number of hydrogen-bond donors (Lipinski definition) is 3. The number of nitrogens with zero attached hydrogens (tertiary/aromatic N) is 1. The molecule has 0 aromatic heterocycles. The van der Waals surface area contributed by atoms with Gasteiger partial charge in [0.25, 0.3) is 0 Å². The molecule has 1 fully saturated rings. The number of ether oxygens (including phenoxy) is 1. The van der Waals surface area contributed by atoms with E-state index in [0.29, 0.717) is 5.69 Å². The van der Waals surface area contributed by atoms with Crippen LogP contribution in [0.25, 0.3) is 0 Å². The maximum Gasteiger partial charge on any atom is 0.319 e. The second kappa shape index (κ2) is 8.76. The van der Waals surface area contributed by atoms with Crippen molar-refractivity contribution in [2.45, 2.75) is 18.9 Å². The van der Waals surface area contributed by atoms with E-state index >= 15 is 0 Å². The summed E-state index contributed by atoms with van der Waals surface area (Å²) in [6, 6.07) is 8.08. The monoisotopic (exact) mass is 404 g/mol. The third-order valence-electron chi connectivity index (χ3n) is 4.64. The molecule has 0 spiro atoms. The van der Waals surface area contributed by atoms with E-state index in [-0.39, 0.29) is 23.7 Å². The molecule has 2 amide bonds. The van der Waals surface area contributed by atoms with E-state index in [1.54, 1.807) is 12.1 Å². The van der Waals surface area contributed by atoms with Gasteiger partial charge in [-0.25, -0.2) is 13.6 Å². The zero-order chi connectivity index (χ0) is 21.0.